The van der Waals surface area contributed by atoms with E-state index in [2.05, 4.69) is 11.1 Å². The van der Waals surface area contributed by atoms with Crippen molar-refractivity contribution >= 4 is 11.8 Å². The van der Waals surface area contributed by atoms with Gasteiger partial charge in [0.15, 0.2) is 0 Å². The molecule has 0 aliphatic heterocycles. The molecule has 0 amide bonds. The number of pyridine rings is 1. The number of aliphatic carboxylic acids is 1. The van der Waals surface area contributed by atoms with Crippen molar-refractivity contribution in [2.24, 2.45) is 0 Å². The van der Waals surface area contributed by atoms with Gasteiger partial charge in [-0.2, -0.15) is 5.26 Å². The van der Waals surface area contributed by atoms with Crippen LogP contribution in [0.25, 0.3) is 0 Å². The Morgan fingerprint density at radius 2 is 2.18 bits per heavy atom. The summed E-state index contributed by atoms with van der Waals surface area (Å²) in [6, 6.07) is 3.78. The highest BCUT2D eigenvalue weighted by atomic mass is 16.4. The third-order valence-corrected chi connectivity index (χ3v) is 2.93. The fourth-order valence-electron chi connectivity index (χ4n) is 1.34. The second-order valence-electron chi connectivity index (χ2n) is 4.36. The first kappa shape index (κ1) is 13.0. The van der Waals surface area contributed by atoms with Crippen LogP contribution < -0.4 is 4.90 Å². The standard InChI is InChI=1S/C12H15N3O2/c1-8-5-6-14-10(9(8)7-13)15(4)12(2,3)11(16)17/h5-6H,1-4H3,(H,16,17). The van der Waals surface area contributed by atoms with E-state index in [1.54, 1.807) is 40.1 Å². The molecule has 5 heteroatoms. The molecule has 0 radical (unpaired) electrons. The molecule has 0 aliphatic rings. The van der Waals surface area contributed by atoms with Gasteiger partial charge in [0.25, 0.3) is 0 Å². The molecule has 1 N–H and O–H groups in total. The normalized spacial score (nSPS) is 10.8. The van der Waals surface area contributed by atoms with Crippen LogP contribution in [0.2, 0.25) is 0 Å². The van der Waals surface area contributed by atoms with Crippen LogP contribution in [0.4, 0.5) is 5.82 Å². The van der Waals surface area contributed by atoms with Crippen molar-refractivity contribution in [3.8, 4) is 6.07 Å². The number of aryl methyl sites for hydroxylation is 1. The molecule has 5 nitrogen and oxygen atoms in total. The Balaban J connectivity index is 3.32. The van der Waals surface area contributed by atoms with Gasteiger partial charge in [-0.3, -0.25) is 0 Å². The lowest BCUT2D eigenvalue weighted by Gasteiger charge is -2.33. The van der Waals surface area contributed by atoms with Gasteiger partial charge in [0, 0.05) is 13.2 Å². The van der Waals surface area contributed by atoms with Crippen LogP contribution in [0.15, 0.2) is 12.3 Å². The lowest BCUT2D eigenvalue weighted by atomic mass is 10.0. The monoisotopic (exact) mass is 233 g/mol. The first-order valence-electron chi connectivity index (χ1n) is 5.15. The van der Waals surface area contributed by atoms with Crippen molar-refractivity contribution in [3.63, 3.8) is 0 Å². The molecule has 0 bridgehead atoms. The third kappa shape index (κ3) is 2.21. The summed E-state index contributed by atoms with van der Waals surface area (Å²) >= 11 is 0. The molecule has 0 saturated carbocycles. The van der Waals surface area contributed by atoms with Gasteiger partial charge in [-0.15, -0.1) is 0 Å². The van der Waals surface area contributed by atoms with Gasteiger partial charge < -0.3 is 10.0 Å². The highest BCUT2D eigenvalue weighted by molar-refractivity contribution is 5.82. The van der Waals surface area contributed by atoms with Gasteiger partial charge in [0.05, 0.1) is 5.56 Å². The molecule has 90 valence electrons. The van der Waals surface area contributed by atoms with E-state index < -0.39 is 11.5 Å². The van der Waals surface area contributed by atoms with Crippen LogP contribution in [-0.2, 0) is 4.79 Å². The average molecular weight is 233 g/mol. The number of likely N-dealkylation sites (N-methyl/N-ethyl adjacent to an activating group) is 1. The number of hydrogen-bond acceptors (Lipinski definition) is 4. The van der Waals surface area contributed by atoms with E-state index in [1.807, 2.05) is 0 Å². The van der Waals surface area contributed by atoms with Crippen molar-refractivity contribution in [1.29, 1.82) is 5.26 Å². The number of nitrogens with zero attached hydrogens (tertiary/aromatic N) is 3. The Hall–Kier alpha value is -2.09. The number of aromatic nitrogens is 1. The van der Waals surface area contributed by atoms with Crippen molar-refractivity contribution in [1.82, 2.24) is 4.98 Å². The van der Waals surface area contributed by atoms with Crippen LogP contribution in [0.5, 0.6) is 0 Å². The van der Waals surface area contributed by atoms with E-state index in [0.29, 0.717) is 11.4 Å². The molecule has 17 heavy (non-hydrogen) atoms. The summed E-state index contributed by atoms with van der Waals surface area (Å²) in [6.45, 7) is 4.94. The fraction of sp³-hybridized carbons (Fsp3) is 0.417. The second-order valence-corrected chi connectivity index (χ2v) is 4.36. The predicted octanol–water partition coefficient (Wildman–Crippen LogP) is 1.56. The summed E-state index contributed by atoms with van der Waals surface area (Å²) in [5, 5.41) is 18.2. The van der Waals surface area contributed by atoms with Gasteiger partial charge in [-0.25, -0.2) is 9.78 Å². The van der Waals surface area contributed by atoms with Crippen molar-refractivity contribution in [3.05, 3.63) is 23.4 Å². The number of carbonyl (C=O) groups is 1. The topological polar surface area (TPSA) is 77.2 Å². The maximum Gasteiger partial charge on any atom is 0.328 e. The van der Waals surface area contributed by atoms with Gasteiger partial charge in [-0.1, -0.05) is 0 Å². The molecule has 0 fully saturated rings. The minimum Gasteiger partial charge on any atom is -0.480 e. The number of carboxylic acids is 1. The SMILES string of the molecule is Cc1ccnc(N(C)C(C)(C)C(=O)O)c1C#N. The molecule has 1 rings (SSSR count). The number of carboxylic acid groups (broad SMARTS) is 1. The molecular weight excluding hydrogens is 218 g/mol. The second kappa shape index (κ2) is 4.42. The van der Waals surface area contributed by atoms with E-state index in [9.17, 15) is 4.79 Å². The van der Waals surface area contributed by atoms with Crippen molar-refractivity contribution in [2.75, 3.05) is 11.9 Å². The maximum atomic E-state index is 11.2. The summed E-state index contributed by atoms with van der Waals surface area (Å²) in [5.41, 5.74) is 0.0710. The molecule has 0 aliphatic carbocycles. The van der Waals surface area contributed by atoms with Crippen LogP contribution in [0.1, 0.15) is 25.0 Å². The molecule has 0 atom stereocenters. The number of anilines is 1. The summed E-state index contributed by atoms with van der Waals surface area (Å²) in [5.74, 6) is -0.577. The molecule has 1 aromatic heterocycles. The third-order valence-electron chi connectivity index (χ3n) is 2.93. The zero-order valence-corrected chi connectivity index (χ0v) is 10.4. The Morgan fingerprint density at radius 3 is 2.65 bits per heavy atom. The first-order chi connectivity index (χ1) is 7.82. The zero-order valence-electron chi connectivity index (χ0n) is 10.4. The molecule has 0 spiro atoms. The van der Waals surface area contributed by atoms with Crippen LogP contribution in [-0.4, -0.2) is 28.6 Å². The predicted molar refractivity (Wildman–Crippen MR) is 63.8 cm³/mol. The zero-order chi connectivity index (χ0) is 13.2. The van der Waals surface area contributed by atoms with Crippen LogP contribution >= 0.6 is 0 Å². The minimum atomic E-state index is -1.12. The molecule has 1 aromatic rings. The van der Waals surface area contributed by atoms with E-state index in [-0.39, 0.29) is 0 Å². The van der Waals surface area contributed by atoms with Gasteiger partial charge in [0.2, 0.25) is 0 Å². The van der Waals surface area contributed by atoms with Crippen LogP contribution in [0, 0.1) is 18.3 Å². The Labute approximate surface area is 100 Å². The quantitative estimate of drug-likeness (QED) is 0.857. The Kier molecular flexibility index (Phi) is 3.37. The Morgan fingerprint density at radius 1 is 1.59 bits per heavy atom. The number of hydrogen-bond donors (Lipinski definition) is 1. The molecular formula is C12H15N3O2. The minimum absolute atomic E-state index is 0.389. The van der Waals surface area contributed by atoms with E-state index in [4.69, 9.17) is 10.4 Å². The summed E-state index contributed by atoms with van der Waals surface area (Å²) in [7, 11) is 1.62. The van der Waals surface area contributed by atoms with Crippen molar-refractivity contribution in [2.45, 2.75) is 26.3 Å². The smallest absolute Gasteiger partial charge is 0.328 e. The average Bonchev–Trinajstić information content (AvgIpc) is 2.27. The Bertz CT molecular complexity index is 489. The van der Waals surface area contributed by atoms with Gasteiger partial charge >= 0.3 is 5.97 Å². The summed E-state index contributed by atoms with van der Waals surface area (Å²) in [4.78, 5) is 16.8. The van der Waals surface area contributed by atoms with Crippen LogP contribution in [0.3, 0.4) is 0 Å². The highest BCUT2D eigenvalue weighted by Gasteiger charge is 2.34. The fourth-order valence-corrected chi connectivity index (χ4v) is 1.34. The summed E-state index contributed by atoms with van der Waals surface area (Å²) in [6.07, 6.45) is 1.57. The number of nitriles is 1. The maximum absolute atomic E-state index is 11.2. The van der Waals surface area contributed by atoms with Gasteiger partial charge in [0.1, 0.15) is 17.4 Å². The van der Waals surface area contributed by atoms with Crippen molar-refractivity contribution < 1.29 is 9.90 Å². The molecule has 0 saturated heterocycles. The van der Waals surface area contributed by atoms with E-state index in [1.165, 1.54) is 4.90 Å². The van der Waals surface area contributed by atoms with E-state index >= 15 is 0 Å². The molecule has 0 aromatic carbocycles. The number of rotatable bonds is 3. The van der Waals surface area contributed by atoms with Gasteiger partial charge in [-0.05, 0) is 32.4 Å². The molecule has 0 unspecified atom stereocenters. The lowest BCUT2D eigenvalue weighted by molar-refractivity contribution is -0.142. The molecule has 1 heterocycles. The highest BCUT2D eigenvalue weighted by Crippen LogP contribution is 2.25. The largest absolute Gasteiger partial charge is 0.480 e. The van der Waals surface area contributed by atoms with E-state index in [0.717, 1.165) is 5.56 Å². The lowest BCUT2D eigenvalue weighted by Crippen LogP contribution is -2.48. The first-order valence-corrected chi connectivity index (χ1v) is 5.15. The summed E-state index contributed by atoms with van der Waals surface area (Å²) < 4.78 is 0.